The maximum absolute atomic E-state index is 10.9. The second-order valence-corrected chi connectivity index (χ2v) is 3.08. The summed E-state index contributed by atoms with van der Waals surface area (Å²) in [6, 6.07) is 3.53. The minimum Gasteiger partial charge on any atom is -0.493 e. The molecule has 0 saturated carbocycles. The van der Waals surface area contributed by atoms with E-state index in [4.69, 9.17) is 15.9 Å². The molecule has 0 atom stereocenters. The van der Waals surface area contributed by atoms with Crippen molar-refractivity contribution < 1.29 is 14.3 Å². The molecule has 0 heterocycles. The zero-order valence-electron chi connectivity index (χ0n) is 8.96. The third-order valence-corrected chi connectivity index (χ3v) is 1.82. The highest BCUT2D eigenvalue weighted by molar-refractivity contribution is 5.72. The monoisotopic (exact) mass is 204 g/mol. The third-order valence-electron chi connectivity index (χ3n) is 1.82. The highest BCUT2D eigenvalue weighted by atomic mass is 16.6. The van der Waals surface area contributed by atoms with E-state index in [1.165, 1.54) is 14.0 Å². The van der Waals surface area contributed by atoms with Gasteiger partial charge in [0.15, 0.2) is 11.5 Å². The second-order valence-electron chi connectivity index (χ2n) is 3.08. The number of rotatable bonds is 2. The van der Waals surface area contributed by atoms with Crippen LogP contribution in [-0.2, 0) is 4.79 Å². The molecule has 0 aliphatic rings. The fraction of sp³-hybridized carbons (Fsp3) is 0.250. The average molecular weight is 204 g/mol. The van der Waals surface area contributed by atoms with Crippen molar-refractivity contribution in [3.8, 4) is 23.8 Å². The first-order chi connectivity index (χ1) is 7.08. The van der Waals surface area contributed by atoms with Crippen LogP contribution in [0.15, 0.2) is 12.1 Å². The Bertz CT molecular complexity index is 427. The molecule has 0 radical (unpaired) electrons. The average Bonchev–Trinajstić information content (AvgIpc) is 2.19. The van der Waals surface area contributed by atoms with Crippen LogP contribution in [0, 0.1) is 19.3 Å². The Kier molecular flexibility index (Phi) is 3.35. The molecule has 0 aromatic heterocycles. The summed E-state index contributed by atoms with van der Waals surface area (Å²) >= 11 is 0. The normalized spacial score (nSPS) is 9.20. The Morgan fingerprint density at radius 2 is 2.13 bits per heavy atom. The van der Waals surface area contributed by atoms with E-state index in [0.717, 1.165) is 5.56 Å². The zero-order valence-corrected chi connectivity index (χ0v) is 8.96. The van der Waals surface area contributed by atoms with Gasteiger partial charge >= 0.3 is 5.97 Å². The van der Waals surface area contributed by atoms with E-state index in [1.807, 2.05) is 6.92 Å². The Hall–Kier alpha value is -1.95. The van der Waals surface area contributed by atoms with E-state index >= 15 is 0 Å². The van der Waals surface area contributed by atoms with Gasteiger partial charge in [-0.1, -0.05) is 5.92 Å². The van der Waals surface area contributed by atoms with Gasteiger partial charge in [-0.05, 0) is 24.6 Å². The maximum atomic E-state index is 10.9. The first-order valence-corrected chi connectivity index (χ1v) is 4.42. The summed E-state index contributed by atoms with van der Waals surface area (Å²) in [7, 11) is 1.50. The van der Waals surface area contributed by atoms with Crippen molar-refractivity contribution in [2.75, 3.05) is 7.11 Å². The van der Waals surface area contributed by atoms with Gasteiger partial charge in [0.2, 0.25) is 0 Å². The number of benzene rings is 1. The van der Waals surface area contributed by atoms with Gasteiger partial charge in [0.1, 0.15) is 0 Å². The molecule has 0 spiro atoms. The highest BCUT2D eigenvalue weighted by Crippen LogP contribution is 2.32. The largest absolute Gasteiger partial charge is 0.493 e. The second kappa shape index (κ2) is 4.52. The number of aryl methyl sites for hydroxylation is 1. The number of carbonyl (C=O) groups is 1. The van der Waals surface area contributed by atoms with Crippen LogP contribution in [0.25, 0.3) is 0 Å². The van der Waals surface area contributed by atoms with Crippen molar-refractivity contribution in [2.45, 2.75) is 13.8 Å². The fourth-order valence-corrected chi connectivity index (χ4v) is 1.25. The van der Waals surface area contributed by atoms with E-state index in [0.29, 0.717) is 17.1 Å². The van der Waals surface area contributed by atoms with Crippen LogP contribution in [-0.4, -0.2) is 13.1 Å². The molecule has 15 heavy (non-hydrogen) atoms. The first-order valence-electron chi connectivity index (χ1n) is 4.42. The minimum absolute atomic E-state index is 0.304. The summed E-state index contributed by atoms with van der Waals surface area (Å²) in [6.07, 6.45) is 5.32. The number of esters is 1. The number of carbonyl (C=O) groups excluding carboxylic acids is 1. The molecule has 0 fully saturated rings. The summed E-state index contributed by atoms with van der Waals surface area (Å²) in [6.45, 7) is 3.21. The Morgan fingerprint density at radius 1 is 1.47 bits per heavy atom. The molecule has 0 saturated heterocycles. The van der Waals surface area contributed by atoms with Gasteiger partial charge in [0.25, 0.3) is 0 Å². The molecule has 1 rings (SSSR count). The summed E-state index contributed by atoms with van der Waals surface area (Å²) in [5, 5.41) is 0. The van der Waals surface area contributed by atoms with Gasteiger partial charge < -0.3 is 9.47 Å². The molecule has 0 bridgehead atoms. The first kappa shape index (κ1) is 11.1. The third kappa shape index (κ3) is 2.50. The molecule has 0 amide bonds. The van der Waals surface area contributed by atoms with Crippen molar-refractivity contribution >= 4 is 5.97 Å². The van der Waals surface area contributed by atoms with Crippen LogP contribution in [0.5, 0.6) is 11.5 Å². The lowest BCUT2D eigenvalue weighted by atomic mass is 10.1. The molecule has 3 heteroatoms. The number of terminal acetylenes is 1. The van der Waals surface area contributed by atoms with E-state index in [-0.39, 0.29) is 0 Å². The lowest BCUT2D eigenvalue weighted by Gasteiger charge is -2.10. The van der Waals surface area contributed by atoms with Crippen molar-refractivity contribution in [1.82, 2.24) is 0 Å². The quantitative estimate of drug-likeness (QED) is 0.419. The van der Waals surface area contributed by atoms with Gasteiger partial charge in [-0.15, -0.1) is 6.42 Å². The van der Waals surface area contributed by atoms with Crippen molar-refractivity contribution in [1.29, 1.82) is 0 Å². The standard InChI is InChI=1S/C12H12O3/c1-5-10-6-8(2)7-11(14-4)12(10)15-9(3)13/h1,6-7H,2-4H3. The van der Waals surface area contributed by atoms with Crippen LogP contribution >= 0.6 is 0 Å². The predicted molar refractivity (Wildman–Crippen MR) is 57.0 cm³/mol. The zero-order chi connectivity index (χ0) is 11.4. The number of methoxy groups -OCH3 is 1. The van der Waals surface area contributed by atoms with Gasteiger partial charge in [-0.2, -0.15) is 0 Å². The topological polar surface area (TPSA) is 35.5 Å². The lowest BCUT2D eigenvalue weighted by Crippen LogP contribution is -2.05. The minimum atomic E-state index is -0.423. The summed E-state index contributed by atoms with van der Waals surface area (Å²) in [4.78, 5) is 10.9. The molecular formula is C12H12O3. The molecule has 0 aliphatic carbocycles. The SMILES string of the molecule is C#Cc1cc(C)cc(OC)c1OC(C)=O. The van der Waals surface area contributed by atoms with Crippen LogP contribution in [0.2, 0.25) is 0 Å². The van der Waals surface area contributed by atoms with Crippen LogP contribution in [0.4, 0.5) is 0 Å². The molecule has 0 N–H and O–H groups in total. The van der Waals surface area contributed by atoms with Gasteiger partial charge in [-0.3, -0.25) is 4.79 Å². The molecule has 3 nitrogen and oxygen atoms in total. The summed E-state index contributed by atoms with van der Waals surface area (Å²) in [5.41, 5.74) is 1.47. The van der Waals surface area contributed by atoms with Gasteiger partial charge in [-0.25, -0.2) is 0 Å². The van der Waals surface area contributed by atoms with Crippen molar-refractivity contribution in [3.05, 3.63) is 23.3 Å². The number of hydrogen-bond donors (Lipinski definition) is 0. The van der Waals surface area contributed by atoms with Crippen molar-refractivity contribution in [2.24, 2.45) is 0 Å². The molecule has 78 valence electrons. The van der Waals surface area contributed by atoms with Gasteiger partial charge in [0.05, 0.1) is 12.7 Å². The number of hydrogen-bond acceptors (Lipinski definition) is 3. The fourth-order valence-electron chi connectivity index (χ4n) is 1.25. The van der Waals surface area contributed by atoms with E-state index in [1.54, 1.807) is 12.1 Å². The van der Waals surface area contributed by atoms with Crippen LogP contribution in [0.3, 0.4) is 0 Å². The van der Waals surface area contributed by atoms with Crippen molar-refractivity contribution in [3.63, 3.8) is 0 Å². The summed E-state index contributed by atoms with van der Waals surface area (Å²) in [5.74, 6) is 2.81. The van der Waals surface area contributed by atoms with E-state index in [9.17, 15) is 4.79 Å². The Labute approximate surface area is 89.0 Å². The number of ether oxygens (including phenoxy) is 2. The summed E-state index contributed by atoms with van der Waals surface area (Å²) < 4.78 is 10.1. The van der Waals surface area contributed by atoms with Crippen LogP contribution in [0.1, 0.15) is 18.1 Å². The lowest BCUT2D eigenvalue weighted by molar-refractivity contribution is -0.132. The Morgan fingerprint density at radius 3 is 2.60 bits per heavy atom. The van der Waals surface area contributed by atoms with E-state index < -0.39 is 5.97 Å². The molecule has 0 aliphatic heterocycles. The maximum Gasteiger partial charge on any atom is 0.308 e. The predicted octanol–water partition coefficient (Wildman–Crippen LogP) is 1.91. The Balaban J connectivity index is 3.31. The smallest absolute Gasteiger partial charge is 0.308 e. The highest BCUT2D eigenvalue weighted by Gasteiger charge is 2.12. The molecule has 1 aromatic rings. The van der Waals surface area contributed by atoms with Gasteiger partial charge in [0, 0.05) is 6.92 Å². The molecule has 0 unspecified atom stereocenters. The van der Waals surface area contributed by atoms with E-state index in [2.05, 4.69) is 5.92 Å². The van der Waals surface area contributed by atoms with Crippen LogP contribution < -0.4 is 9.47 Å². The molecule has 1 aromatic carbocycles. The molecular weight excluding hydrogens is 192 g/mol.